The molecule has 1 N–H and O–H groups in total. The normalized spacial score (nSPS) is 12.1. The highest BCUT2D eigenvalue weighted by Gasteiger charge is 2.18. The van der Waals surface area contributed by atoms with Crippen LogP contribution < -0.4 is 10.2 Å². The number of aliphatic imine (C=N–C) groups is 2. The van der Waals surface area contributed by atoms with Crippen LogP contribution in [0, 0.1) is 0 Å². The largest absolute Gasteiger partial charge is 0.371 e. The predicted octanol–water partition coefficient (Wildman–Crippen LogP) is 15.2. The summed E-state index contributed by atoms with van der Waals surface area (Å²) in [6, 6.07) is 58.1. The van der Waals surface area contributed by atoms with Gasteiger partial charge in [0.25, 0.3) is 0 Å². The van der Waals surface area contributed by atoms with E-state index < -0.39 is 0 Å². The molecule has 7 aromatic carbocycles. The maximum atomic E-state index is 4.31. The Morgan fingerprint density at radius 2 is 1.11 bits per heavy atom. The minimum Gasteiger partial charge on any atom is -0.371 e. The van der Waals surface area contributed by atoms with E-state index in [1.54, 1.807) is 18.6 Å². The van der Waals surface area contributed by atoms with Gasteiger partial charge in [-0.15, -0.1) is 0 Å². The van der Waals surface area contributed by atoms with Crippen LogP contribution in [0.3, 0.4) is 0 Å². The Morgan fingerprint density at radius 3 is 1.69 bits per heavy atom. The highest BCUT2D eigenvalue weighted by molar-refractivity contribution is 6.22. The summed E-state index contributed by atoms with van der Waals surface area (Å²) in [6.45, 7) is 4.27. The van der Waals surface area contributed by atoms with Gasteiger partial charge in [0.15, 0.2) is 5.82 Å². The number of anilines is 2. The molecule has 5 heteroatoms. The van der Waals surface area contributed by atoms with E-state index in [0.717, 1.165) is 40.2 Å². The Balaban J connectivity index is 1.08. The van der Waals surface area contributed by atoms with Crippen molar-refractivity contribution >= 4 is 76.0 Å². The van der Waals surface area contributed by atoms with E-state index in [4.69, 9.17) is 0 Å². The highest BCUT2D eigenvalue weighted by Crippen LogP contribution is 2.45. The molecule has 0 spiro atoms. The van der Waals surface area contributed by atoms with Crippen LogP contribution in [0.1, 0.15) is 22.3 Å². The summed E-state index contributed by atoms with van der Waals surface area (Å²) < 4.78 is 0. The molecule has 5 nitrogen and oxygen atoms in total. The number of hydrogen-bond acceptors (Lipinski definition) is 5. The number of benzene rings is 7. The number of allylic oxidation sites excluding steroid dienone is 5. The van der Waals surface area contributed by atoms with Gasteiger partial charge >= 0.3 is 0 Å². The number of aromatic nitrogens is 1. The van der Waals surface area contributed by atoms with Crippen molar-refractivity contribution in [1.82, 2.24) is 4.98 Å². The summed E-state index contributed by atoms with van der Waals surface area (Å²) in [5.74, 6) is 0.684. The number of fused-ring (bicyclic) bond motifs is 3. The molecule has 1 aromatic heterocycles. The van der Waals surface area contributed by atoms with E-state index in [1.165, 1.54) is 43.8 Å². The van der Waals surface area contributed by atoms with Crippen molar-refractivity contribution < 1.29 is 0 Å². The summed E-state index contributed by atoms with van der Waals surface area (Å²) in [7, 11) is 2.09. The monoisotopic (exact) mass is 827 g/mol. The maximum Gasteiger partial charge on any atom is 0.151 e. The zero-order valence-corrected chi connectivity index (χ0v) is 35.9. The molecular formula is C59H49N5. The van der Waals surface area contributed by atoms with Gasteiger partial charge in [0.2, 0.25) is 0 Å². The van der Waals surface area contributed by atoms with Gasteiger partial charge < -0.3 is 10.2 Å². The first-order valence-electron chi connectivity index (χ1n) is 21.4. The third-order valence-corrected chi connectivity index (χ3v) is 10.8. The Labute approximate surface area is 376 Å². The van der Waals surface area contributed by atoms with Gasteiger partial charge in [-0.3, -0.25) is 4.99 Å². The van der Waals surface area contributed by atoms with E-state index >= 15 is 0 Å². The molecule has 8 aromatic rings. The van der Waals surface area contributed by atoms with Crippen LogP contribution in [0.4, 0.5) is 17.2 Å². The molecular weight excluding hydrogens is 779 g/mol. The number of likely N-dealkylation sites (N-methyl/N-ethyl adjacent to an activating group) is 1. The Bertz CT molecular complexity index is 3030. The predicted molar refractivity (Wildman–Crippen MR) is 278 cm³/mol. The molecule has 0 radical (unpaired) electrons. The second-order valence-electron chi connectivity index (χ2n) is 15.2. The van der Waals surface area contributed by atoms with Crippen molar-refractivity contribution in [3.05, 3.63) is 241 Å². The van der Waals surface area contributed by atoms with Crippen molar-refractivity contribution in [2.75, 3.05) is 23.8 Å². The maximum absolute atomic E-state index is 4.31. The van der Waals surface area contributed by atoms with Crippen LogP contribution in [0.2, 0.25) is 0 Å². The topological polar surface area (TPSA) is 52.9 Å². The van der Waals surface area contributed by atoms with Gasteiger partial charge in [-0.2, -0.15) is 0 Å². The van der Waals surface area contributed by atoms with Gasteiger partial charge in [-0.05, 0) is 140 Å². The second kappa shape index (κ2) is 21.4. The fourth-order valence-corrected chi connectivity index (χ4v) is 7.58. The molecule has 8 rings (SSSR count). The van der Waals surface area contributed by atoms with Crippen molar-refractivity contribution in [1.29, 1.82) is 0 Å². The molecule has 0 fully saturated rings. The Morgan fingerprint density at radius 1 is 0.547 bits per heavy atom. The molecule has 1 heterocycles. The molecule has 0 aliphatic heterocycles. The third kappa shape index (κ3) is 10.9. The molecule has 0 amide bonds. The summed E-state index contributed by atoms with van der Waals surface area (Å²) in [4.78, 5) is 14.5. The smallest absolute Gasteiger partial charge is 0.151 e. The standard InChI is InChI=1S/C59H49N5/c1-60-38-12-6-16-42-64(2)52-34-28-46(29-35-52)23-25-48-31-37-54-56(44-48)55-43-47(30-36-53(55)58(49-17-7-3-8-18-49)59(54)50-19-9-4-10-20-50)24-22-45-26-32-51(33-27-45)61-39-13-5-14-40-62-57-21-11-15-41-63-57/h3-41,43-44,61H,1,42H2,2H3/b14-5-,16-6-,24-22+,25-23+,38-12-,39-13+,62-40-. The minimum absolute atomic E-state index is 0.684. The SMILES string of the molecule is C=N/C=C\C=C/CN(C)c1ccc(/C=C/c2ccc3c(-c4ccccc4)c(-c4ccccc4)c4ccc(/C=C/c5ccc(N/C=C/C=C\C=N/c6ccccn6)cc5)cc4c3c2)cc1. The fraction of sp³-hybridized carbons (Fsp3) is 0.0339. The number of nitrogens with one attached hydrogen (secondary N) is 1. The minimum atomic E-state index is 0.684. The molecule has 0 atom stereocenters. The number of pyridine rings is 1. The van der Waals surface area contributed by atoms with Crippen LogP contribution in [-0.2, 0) is 0 Å². The Kier molecular flexibility index (Phi) is 14.1. The Hall–Kier alpha value is -8.41. The lowest BCUT2D eigenvalue weighted by Crippen LogP contribution is -2.16. The summed E-state index contributed by atoms with van der Waals surface area (Å²) >= 11 is 0. The van der Waals surface area contributed by atoms with E-state index in [0.29, 0.717) is 5.82 Å². The summed E-state index contributed by atoms with van der Waals surface area (Å²) in [6.07, 6.45) is 27.6. The highest BCUT2D eigenvalue weighted by atomic mass is 15.1. The lowest BCUT2D eigenvalue weighted by Gasteiger charge is -2.19. The first-order chi connectivity index (χ1) is 31.6. The average Bonchev–Trinajstić information content (AvgIpc) is 3.35. The van der Waals surface area contributed by atoms with E-state index in [-0.39, 0.29) is 0 Å². The summed E-state index contributed by atoms with van der Waals surface area (Å²) in [5, 5.41) is 8.21. The van der Waals surface area contributed by atoms with Crippen LogP contribution in [-0.4, -0.2) is 31.5 Å². The summed E-state index contributed by atoms with van der Waals surface area (Å²) in [5.41, 5.74) is 11.6. The molecule has 0 aliphatic carbocycles. The molecule has 64 heavy (non-hydrogen) atoms. The van der Waals surface area contributed by atoms with Gasteiger partial charge in [0.1, 0.15) is 0 Å². The van der Waals surface area contributed by atoms with Gasteiger partial charge in [0, 0.05) is 49.8 Å². The van der Waals surface area contributed by atoms with Crippen molar-refractivity contribution in [2.24, 2.45) is 9.98 Å². The van der Waals surface area contributed by atoms with Crippen LogP contribution in [0.5, 0.6) is 0 Å². The van der Waals surface area contributed by atoms with Gasteiger partial charge in [0.05, 0.1) is 0 Å². The lowest BCUT2D eigenvalue weighted by atomic mass is 9.84. The first kappa shape index (κ1) is 42.3. The van der Waals surface area contributed by atoms with Crippen LogP contribution in [0.15, 0.2) is 229 Å². The molecule has 0 saturated heterocycles. The van der Waals surface area contributed by atoms with Gasteiger partial charge in [-0.25, -0.2) is 9.98 Å². The molecule has 0 aliphatic rings. The number of rotatable bonds is 16. The fourth-order valence-electron chi connectivity index (χ4n) is 7.58. The molecule has 0 unspecified atom stereocenters. The zero-order chi connectivity index (χ0) is 43.8. The lowest BCUT2D eigenvalue weighted by molar-refractivity contribution is 1.03. The van der Waals surface area contributed by atoms with Crippen molar-refractivity contribution in [3.8, 4) is 22.3 Å². The quantitative estimate of drug-likeness (QED) is 0.0457. The van der Waals surface area contributed by atoms with Crippen molar-refractivity contribution in [3.63, 3.8) is 0 Å². The van der Waals surface area contributed by atoms with Gasteiger partial charge in [-0.1, -0.05) is 158 Å². The van der Waals surface area contributed by atoms with E-state index in [2.05, 4.69) is 215 Å². The zero-order valence-electron chi connectivity index (χ0n) is 35.9. The second-order valence-corrected chi connectivity index (χ2v) is 15.2. The number of hydrogen-bond donors (Lipinski definition) is 1. The van der Waals surface area contributed by atoms with Crippen molar-refractivity contribution in [2.45, 2.75) is 0 Å². The van der Waals surface area contributed by atoms with E-state index in [1.807, 2.05) is 54.8 Å². The number of nitrogens with zero attached hydrogens (tertiary/aromatic N) is 4. The third-order valence-electron chi connectivity index (χ3n) is 10.8. The molecule has 0 bridgehead atoms. The average molecular weight is 828 g/mol. The molecule has 310 valence electrons. The molecule has 0 saturated carbocycles. The first-order valence-corrected chi connectivity index (χ1v) is 21.4. The van der Waals surface area contributed by atoms with Crippen LogP contribution in [0.25, 0.3) is 68.1 Å². The van der Waals surface area contributed by atoms with E-state index in [9.17, 15) is 0 Å². The van der Waals surface area contributed by atoms with Crippen LogP contribution >= 0.6 is 0 Å².